The van der Waals surface area contributed by atoms with Gasteiger partial charge in [-0.3, -0.25) is 0 Å². The Bertz CT molecular complexity index is 744. The summed E-state index contributed by atoms with van der Waals surface area (Å²) in [6.07, 6.45) is 4.92. The zero-order valence-corrected chi connectivity index (χ0v) is 13.2. The van der Waals surface area contributed by atoms with Gasteiger partial charge in [0.25, 0.3) is 0 Å². The summed E-state index contributed by atoms with van der Waals surface area (Å²) in [6.45, 7) is 2.36. The van der Waals surface area contributed by atoms with E-state index in [4.69, 9.17) is 11.6 Å². The maximum absolute atomic E-state index is 12.9. The van der Waals surface area contributed by atoms with Gasteiger partial charge in [-0.15, -0.1) is 0 Å². The van der Waals surface area contributed by atoms with Gasteiger partial charge in [0.05, 0.1) is 11.1 Å². The van der Waals surface area contributed by atoms with Crippen LogP contribution in [0, 0.1) is 6.92 Å². The number of rotatable bonds is 3. The van der Waals surface area contributed by atoms with E-state index in [1.54, 1.807) is 30.6 Å². The number of aromatic amines is 1. The highest BCUT2D eigenvalue weighted by Gasteiger charge is 2.38. The van der Waals surface area contributed by atoms with Gasteiger partial charge in [0, 0.05) is 18.9 Å². The molecule has 0 aliphatic carbocycles. The lowest BCUT2D eigenvalue weighted by Gasteiger charge is -2.23. The number of nitrogens with zero attached hydrogens (tertiary/aromatic N) is 2. The molecule has 0 amide bonds. The largest absolute Gasteiger partial charge is 0.347 e. The lowest BCUT2D eigenvalue weighted by Crippen LogP contribution is -2.31. The van der Waals surface area contributed by atoms with Gasteiger partial charge < -0.3 is 4.98 Å². The Morgan fingerprint density at radius 2 is 2.24 bits per heavy atom. The lowest BCUT2D eigenvalue weighted by molar-refractivity contribution is 0.385. The third-order valence-corrected chi connectivity index (χ3v) is 6.10. The summed E-state index contributed by atoms with van der Waals surface area (Å²) in [5.74, 6) is 0.680. The van der Waals surface area contributed by atoms with Crippen LogP contribution in [0.2, 0.25) is 5.02 Å². The molecule has 2 heterocycles. The van der Waals surface area contributed by atoms with E-state index in [2.05, 4.69) is 9.97 Å². The van der Waals surface area contributed by atoms with E-state index in [9.17, 15) is 8.42 Å². The van der Waals surface area contributed by atoms with Crippen LogP contribution < -0.4 is 0 Å². The number of halogens is 1. The quantitative estimate of drug-likeness (QED) is 0.943. The molecule has 2 aromatic rings. The SMILES string of the molecule is Cc1ccc(S(=O)(=O)N2CCCC2c2ncc[nH]2)c(Cl)c1. The van der Waals surface area contributed by atoms with Crippen molar-refractivity contribution in [3.8, 4) is 0 Å². The van der Waals surface area contributed by atoms with Crippen LogP contribution in [0.15, 0.2) is 35.5 Å². The van der Waals surface area contributed by atoms with Gasteiger partial charge in [-0.05, 0) is 37.5 Å². The van der Waals surface area contributed by atoms with E-state index in [-0.39, 0.29) is 16.0 Å². The average Bonchev–Trinajstić information content (AvgIpc) is 3.09. The van der Waals surface area contributed by atoms with Crippen LogP contribution in [-0.2, 0) is 10.0 Å². The number of hydrogen-bond acceptors (Lipinski definition) is 3. The first-order chi connectivity index (χ1) is 10.00. The fourth-order valence-corrected chi connectivity index (χ4v) is 4.94. The standard InChI is InChI=1S/C14H16ClN3O2S/c1-10-4-5-13(11(15)9-10)21(19,20)18-8-2-3-12(18)14-16-6-7-17-14/h4-7,9,12H,2-3,8H2,1H3,(H,16,17). The molecule has 0 bridgehead atoms. The molecule has 1 aromatic heterocycles. The molecule has 1 saturated heterocycles. The predicted octanol–water partition coefficient (Wildman–Crippen LogP) is 2.90. The van der Waals surface area contributed by atoms with Gasteiger partial charge >= 0.3 is 0 Å². The molecule has 3 rings (SSSR count). The highest BCUT2D eigenvalue weighted by atomic mass is 35.5. The molecule has 1 fully saturated rings. The minimum atomic E-state index is -3.62. The van der Waals surface area contributed by atoms with Crippen LogP contribution >= 0.6 is 11.6 Å². The van der Waals surface area contributed by atoms with E-state index < -0.39 is 10.0 Å². The highest BCUT2D eigenvalue weighted by Crippen LogP contribution is 2.36. The topological polar surface area (TPSA) is 66.1 Å². The monoisotopic (exact) mass is 325 g/mol. The second-order valence-electron chi connectivity index (χ2n) is 5.18. The molecule has 1 N–H and O–H groups in total. The summed E-state index contributed by atoms with van der Waals surface area (Å²) in [7, 11) is -3.62. The number of hydrogen-bond donors (Lipinski definition) is 1. The summed E-state index contributed by atoms with van der Waals surface area (Å²) < 4.78 is 27.2. The smallest absolute Gasteiger partial charge is 0.245 e. The van der Waals surface area contributed by atoms with Crippen LogP contribution in [0.4, 0.5) is 0 Å². The van der Waals surface area contributed by atoms with Crippen molar-refractivity contribution in [3.63, 3.8) is 0 Å². The minimum absolute atomic E-state index is 0.160. The van der Waals surface area contributed by atoms with Crippen molar-refractivity contribution in [2.75, 3.05) is 6.54 Å². The highest BCUT2D eigenvalue weighted by molar-refractivity contribution is 7.89. The first-order valence-electron chi connectivity index (χ1n) is 6.77. The van der Waals surface area contributed by atoms with Gasteiger partial charge in [0.15, 0.2) is 0 Å². The zero-order chi connectivity index (χ0) is 15.0. The van der Waals surface area contributed by atoms with Crippen molar-refractivity contribution in [3.05, 3.63) is 47.0 Å². The van der Waals surface area contributed by atoms with E-state index >= 15 is 0 Å². The zero-order valence-electron chi connectivity index (χ0n) is 11.6. The molecule has 112 valence electrons. The number of benzene rings is 1. The fourth-order valence-electron chi connectivity index (χ4n) is 2.70. The lowest BCUT2D eigenvalue weighted by atomic mass is 10.2. The molecule has 1 aliphatic heterocycles. The molecule has 0 spiro atoms. The second-order valence-corrected chi connectivity index (χ2v) is 7.45. The van der Waals surface area contributed by atoms with Gasteiger partial charge in [0.1, 0.15) is 10.7 Å². The van der Waals surface area contributed by atoms with Crippen molar-refractivity contribution < 1.29 is 8.42 Å². The number of imidazole rings is 1. The summed E-state index contributed by atoms with van der Waals surface area (Å²) in [5, 5.41) is 0.264. The Balaban J connectivity index is 2.01. The minimum Gasteiger partial charge on any atom is -0.347 e. The van der Waals surface area contributed by atoms with Crippen LogP contribution in [0.1, 0.15) is 30.3 Å². The number of aromatic nitrogens is 2. The summed E-state index contributed by atoms with van der Waals surface area (Å²) in [5.41, 5.74) is 0.933. The van der Waals surface area contributed by atoms with E-state index in [0.717, 1.165) is 18.4 Å². The number of sulfonamides is 1. The van der Waals surface area contributed by atoms with Gasteiger partial charge in [-0.2, -0.15) is 4.31 Å². The third-order valence-electron chi connectivity index (χ3n) is 3.71. The average molecular weight is 326 g/mol. The van der Waals surface area contributed by atoms with E-state index in [1.165, 1.54) is 4.31 Å². The summed E-state index contributed by atoms with van der Waals surface area (Å²) in [4.78, 5) is 7.36. The Hall–Kier alpha value is -1.37. The van der Waals surface area contributed by atoms with Crippen LogP contribution in [-0.4, -0.2) is 29.2 Å². The molecule has 1 aliphatic rings. The third kappa shape index (κ3) is 2.59. The van der Waals surface area contributed by atoms with Crippen LogP contribution in [0.3, 0.4) is 0 Å². The molecule has 21 heavy (non-hydrogen) atoms. The van der Waals surface area contributed by atoms with Crippen molar-refractivity contribution >= 4 is 21.6 Å². The maximum Gasteiger partial charge on any atom is 0.245 e. The molecular formula is C14H16ClN3O2S. The van der Waals surface area contributed by atoms with Gasteiger partial charge in [0.2, 0.25) is 10.0 Å². The Kier molecular flexibility index (Phi) is 3.77. The van der Waals surface area contributed by atoms with E-state index in [1.807, 2.05) is 6.92 Å². The maximum atomic E-state index is 12.9. The second kappa shape index (κ2) is 5.44. The predicted molar refractivity (Wildman–Crippen MR) is 80.6 cm³/mol. The fraction of sp³-hybridized carbons (Fsp3) is 0.357. The van der Waals surface area contributed by atoms with Gasteiger partial charge in [-0.1, -0.05) is 17.7 Å². The first-order valence-corrected chi connectivity index (χ1v) is 8.59. The van der Waals surface area contributed by atoms with Gasteiger partial charge in [-0.25, -0.2) is 13.4 Å². The number of H-pyrrole nitrogens is 1. The normalized spacial score (nSPS) is 20.0. The van der Waals surface area contributed by atoms with Crippen LogP contribution in [0.5, 0.6) is 0 Å². The van der Waals surface area contributed by atoms with Crippen molar-refractivity contribution in [2.45, 2.75) is 30.7 Å². The van der Waals surface area contributed by atoms with Crippen molar-refractivity contribution in [1.29, 1.82) is 0 Å². The Morgan fingerprint density at radius 3 is 2.90 bits per heavy atom. The molecule has 1 aromatic carbocycles. The Labute approximate surface area is 129 Å². The molecule has 1 unspecified atom stereocenters. The molecule has 5 nitrogen and oxygen atoms in total. The van der Waals surface area contributed by atoms with Crippen molar-refractivity contribution in [2.24, 2.45) is 0 Å². The molecule has 0 saturated carbocycles. The molecule has 7 heteroatoms. The first kappa shape index (κ1) is 14.6. The van der Waals surface area contributed by atoms with E-state index in [0.29, 0.717) is 12.4 Å². The van der Waals surface area contributed by atoms with Crippen LogP contribution in [0.25, 0.3) is 0 Å². The molecule has 0 radical (unpaired) electrons. The summed E-state index contributed by atoms with van der Waals surface area (Å²) in [6, 6.07) is 4.76. The Morgan fingerprint density at radius 1 is 1.43 bits per heavy atom. The summed E-state index contributed by atoms with van der Waals surface area (Å²) >= 11 is 6.14. The number of aryl methyl sites for hydroxylation is 1. The number of nitrogens with one attached hydrogen (secondary N) is 1. The molecular weight excluding hydrogens is 310 g/mol. The van der Waals surface area contributed by atoms with Crippen molar-refractivity contribution in [1.82, 2.24) is 14.3 Å². The molecule has 1 atom stereocenters.